The number of esters is 1. The standard InChI is InChI=1S/C28H22ClN3O4/c1-18-10-12-20(13-11-18)28(35)36-25-15-14-19-6-2-3-7-21(19)23(25)16-31-32-26(33)17-30-27(34)22-8-4-5-9-24(22)29/h2-16H,17H2,1H3,(H,30,34)(H,32,33). The molecule has 8 heteroatoms. The lowest BCUT2D eigenvalue weighted by Crippen LogP contribution is -2.35. The number of carbonyl (C=O) groups is 3. The smallest absolute Gasteiger partial charge is 0.343 e. The Kier molecular flexibility index (Phi) is 7.72. The van der Waals surface area contributed by atoms with E-state index in [0.29, 0.717) is 16.9 Å². The number of aryl methyl sites for hydroxylation is 1. The van der Waals surface area contributed by atoms with Crippen LogP contribution in [0.4, 0.5) is 0 Å². The topological polar surface area (TPSA) is 96.9 Å². The number of nitrogens with zero attached hydrogens (tertiary/aromatic N) is 1. The fourth-order valence-electron chi connectivity index (χ4n) is 3.46. The molecule has 0 bridgehead atoms. The van der Waals surface area contributed by atoms with E-state index in [4.69, 9.17) is 16.3 Å². The van der Waals surface area contributed by atoms with Gasteiger partial charge in [0.05, 0.1) is 28.9 Å². The molecule has 0 saturated heterocycles. The monoisotopic (exact) mass is 499 g/mol. The third-order valence-electron chi connectivity index (χ3n) is 5.33. The lowest BCUT2D eigenvalue weighted by atomic mass is 10.0. The Bertz CT molecular complexity index is 1470. The summed E-state index contributed by atoms with van der Waals surface area (Å²) in [6.45, 7) is 1.63. The number of halogens is 1. The largest absolute Gasteiger partial charge is 0.422 e. The molecule has 0 radical (unpaired) electrons. The molecule has 4 rings (SSSR count). The van der Waals surface area contributed by atoms with E-state index in [1.165, 1.54) is 6.21 Å². The maximum Gasteiger partial charge on any atom is 0.343 e. The minimum Gasteiger partial charge on any atom is -0.422 e. The van der Waals surface area contributed by atoms with Gasteiger partial charge >= 0.3 is 5.97 Å². The van der Waals surface area contributed by atoms with Crippen LogP contribution in [-0.2, 0) is 4.79 Å². The maximum absolute atomic E-state index is 12.7. The Morgan fingerprint density at radius 2 is 1.64 bits per heavy atom. The highest BCUT2D eigenvalue weighted by atomic mass is 35.5. The highest BCUT2D eigenvalue weighted by Gasteiger charge is 2.14. The zero-order valence-corrected chi connectivity index (χ0v) is 20.1. The zero-order chi connectivity index (χ0) is 25.5. The van der Waals surface area contributed by atoms with Gasteiger partial charge in [-0.25, -0.2) is 10.2 Å². The van der Waals surface area contributed by atoms with Gasteiger partial charge in [0.2, 0.25) is 0 Å². The fourth-order valence-corrected chi connectivity index (χ4v) is 3.68. The highest BCUT2D eigenvalue weighted by molar-refractivity contribution is 6.33. The first-order valence-corrected chi connectivity index (χ1v) is 11.5. The quantitative estimate of drug-likeness (QED) is 0.163. The molecule has 4 aromatic rings. The summed E-state index contributed by atoms with van der Waals surface area (Å²) >= 11 is 6.01. The molecule has 2 N–H and O–H groups in total. The number of nitrogens with one attached hydrogen (secondary N) is 2. The molecule has 2 amide bonds. The summed E-state index contributed by atoms with van der Waals surface area (Å²) in [5.41, 5.74) is 4.62. The lowest BCUT2D eigenvalue weighted by Gasteiger charge is -2.11. The predicted octanol–water partition coefficient (Wildman–Crippen LogP) is 4.90. The van der Waals surface area contributed by atoms with Gasteiger partial charge in [0.1, 0.15) is 5.75 Å². The highest BCUT2D eigenvalue weighted by Crippen LogP contribution is 2.27. The van der Waals surface area contributed by atoms with Crippen molar-refractivity contribution in [3.63, 3.8) is 0 Å². The van der Waals surface area contributed by atoms with Crippen LogP contribution in [0.3, 0.4) is 0 Å². The number of ether oxygens (including phenoxy) is 1. The van der Waals surface area contributed by atoms with E-state index in [0.717, 1.165) is 16.3 Å². The number of rotatable bonds is 7. The van der Waals surface area contributed by atoms with Crippen molar-refractivity contribution in [1.82, 2.24) is 10.7 Å². The Morgan fingerprint density at radius 3 is 2.42 bits per heavy atom. The Morgan fingerprint density at radius 1 is 0.917 bits per heavy atom. The average Bonchev–Trinajstić information content (AvgIpc) is 2.89. The van der Waals surface area contributed by atoms with E-state index in [1.807, 2.05) is 49.4 Å². The van der Waals surface area contributed by atoms with Crippen LogP contribution in [0.5, 0.6) is 5.75 Å². The summed E-state index contributed by atoms with van der Waals surface area (Å²) in [6.07, 6.45) is 1.41. The predicted molar refractivity (Wildman–Crippen MR) is 140 cm³/mol. The van der Waals surface area contributed by atoms with Crippen molar-refractivity contribution in [1.29, 1.82) is 0 Å². The summed E-state index contributed by atoms with van der Waals surface area (Å²) in [6, 6.07) is 24.7. The third-order valence-corrected chi connectivity index (χ3v) is 5.66. The molecule has 0 aliphatic rings. The van der Waals surface area contributed by atoms with Crippen LogP contribution in [0, 0.1) is 6.92 Å². The van der Waals surface area contributed by atoms with Gasteiger partial charge in [0.25, 0.3) is 11.8 Å². The van der Waals surface area contributed by atoms with Gasteiger partial charge in [0, 0.05) is 5.56 Å². The van der Waals surface area contributed by atoms with E-state index < -0.39 is 17.8 Å². The van der Waals surface area contributed by atoms with Crippen molar-refractivity contribution in [2.45, 2.75) is 6.92 Å². The van der Waals surface area contributed by atoms with Gasteiger partial charge in [0.15, 0.2) is 0 Å². The first kappa shape index (κ1) is 24.6. The molecule has 36 heavy (non-hydrogen) atoms. The molecule has 0 heterocycles. The number of benzene rings is 4. The number of hydrazone groups is 1. The molecule has 0 fully saturated rings. The van der Waals surface area contributed by atoms with Gasteiger partial charge in [-0.15, -0.1) is 0 Å². The molecule has 0 aromatic heterocycles. The fraction of sp³-hybridized carbons (Fsp3) is 0.0714. The summed E-state index contributed by atoms with van der Waals surface area (Å²) in [5.74, 6) is -1.22. The lowest BCUT2D eigenvalue weighted by molar-refractivity contribution is -0.120. The van der Waals surface area contributed by atoms with Crippen LogP contribution in [0.15, 0.2) is 90.0 Å². The molecule has 7 nitrogen and oxygen atoms in total. The van der Waals surface area contributed by atoms with Crippen molar-refractivity contribution in [3.8, 4) is 5.75 Å². The number of hydrogen-bond acceptors (Lipinski definition) is 5. The van der Waals surface area contributed by atoms with Crippen molar-refractivity contribution in [3.05, 3.63) is 112 Å². The Labute approximate surface area is 212 Å². The normalized spacial score (nSPS) is 10.8. The molecule has 0 aliphatic carbocycles. The van der Waals surface area contributed by atoms with Crippen LogP contribution in [0.25, 0.3) is 10.8 Å². The van der Waals surface area contributed by atoms with Crippen molar-refractivity contribution < 1.29 is 19.1 Å². The molecule has 0 spiro atoms. The molecule has 4 aromatic carbocycles. The first-order valence-electron chi connectivity index (χ1n) is 11.1. The van der Waals surface area contributed by atoms with Crippen LogP contribution in [0.2, 0.25) is 5.02 Å². The average molecular weight is 500 g/mol. The van der Waals surface area contributed by atoms with Crippen molar-refractivity contribution >= 4 is 46.4 Å². The maximum atomic E-state index is 12.7. The van der Waals surface area contributed by atoms with Gasteiger partial charge < -0.3 is 10.1 Å². The van der Waals surface area contributed by atoms with Crippen molar-refractivity contribution in [2.24, 2.45) is 5.10 Å². The second-order valence-corrected chi connectivity index (χ2v) is 8.32. The van der Waals surface area contributed by atoms with Gasteiger partial charge in [-0.3, -0.25) is 9.59 Å². The van der Waals surface area contributed by atoms with E-state index in [2.05, 4.69) is 15.8 Å². The molecule has 180 valence electrons. The molecular weight excluding hydrogens is 478 g/mol. The molecular formula is C28H22ClN3O4. The van der Waals surface area contributed by atoms with Gasteiger partial charge in [-0.2, -0.15) is 5.10 Å². The van der Waals surface area contributed by atoms with Crippen LogP contribution in [0.1, 0.15) is 31.8 Å². The summed E-state index contributed by atoms with van der Waals surface area (Å²) in [5, 5.41) is 8.51. The van der Waals surface area contributed by atoms with E-state index >= 15 is 0 Å². The second-order valence-electron chi connectivity index (χ2n) is 7.91. The Balaban J connectivity index is 1.47. The zero-order valence-electron chi connectivity index (χ0n) is 19.3. The van der Waals surface area contributed by atoms with Gasteiger partial charge in [-0.1, -0.05) is 71.8 Å². The number of carbonyl (C=O) groups excluding carboxylic acids is 3. The van der Waals surface area contributed by atoms with E-state index in [-0.39, 0.29) is 17.1 Å². The van der Waals surface area contributed by atoms with Gasteiger partial charge in [-0.05, 0) is 48.0 Å². The van der Waals surface area contributed by atoms with E-state index in [9.17, 15) is 14.4 Å². The SMILES string of the molecule is Cc1ccc(C(=O)Oc2ccc3ccccc3c2C=NNC(=O)CNC(=O)c2ccccc2Cl)cc1. The van der Waals surface area contributed by atoms with Crippen LogP contribution >= 0.6 is 11.6 Å². The molecule has 0 atom stereocenters. The number of fused-ring (bicyclic) bond motifs is 1. The molecule has 0 unspecified atom stereocenters. The molecule has 0 saturated carbocycles. The Hall–Kier alpha value is -4.49. The minimum absolute atomic E-state index is 0.270. The summed E-state index contributed by atoms with van der Waals surface area (Å²) in [7, 11) is 0. The van der Waals surface area contributed by atoms with E-state index in [1.54, 1.807) is 42.5 Å². The molecule has 0 aliphatic heterocycles. The van der Waals surface area contributed by atoms with Crippen LogP contribution < -0.4 is 15.5 Å². The summed E-state index contributed by atoms with van der Waals surface area (Å²) < 4.78 is 5.66. The first-order chi connectivity index (χ1) is 17.4. The number of amides is 2. The van der Waals surface area contributed by atoms with Crippen molar-refractivity contribution in [2.75, 3.05) is 6.54 Å². The third kappa shape index (κ3) is 5.95. The minimum atomic E-state index is -0.537. The van der Waals surface area contributed by atoms with Crippen LogP contribution in [-0.4, -0.2) is 30.5 Å². The summed E-state index contributed by atoms with van der Waals surface area (Å²) in [4.78, 5) is 37.2. The number of hydrogen-bond donors (Lipinski definition) is 2. The second kappa shape index (κ2) is 11.3.